The molecule has 124 valence electrons. The molecule has 2 N–H and O–H groups in total. The zero-order chi connectivity index (χ0) is 16.0. The highest BCUT2D eigenvalue weighted by molar-refractivity contribution is 5.76. The van der Waals surface area contributed by atoms with Crippen molar-refractivity contribution in [2.24, 2.45) is 23.0 Å². The summed E-state index contributed by atoms with van der Waals surface area (Å²) in [5, 5.41) is 0. The molecule has 3 atom stereocenters. The molecule has 4 heteroatoms. The van der Waals surface area contributed by atoms with Gasteiger partial charge in [-0.2, -0.15) is 0 Å². The highest BCUT2D eigenvalue weighted by Gasteiger charge is 2.30. The SMILES string of the molecule is COC1CN(C(=O)CCC(CCN)C(C)(C)C)CCC1C. The Hall–Kier alpha value is -0.610. The van der Waals surface area contributed by atoms with E-state index in [0.29, 0.717) is 24.8 Å². The Morgan fingerprint density at radius 1 is 1.38 bits per heavy atom. The van der Waals surface area contributed by atoms with Crippen LogP contribution in [0.5, 0.6) is 0 Å². The first-order valence-electron chi connectivity index (χ1n) is 8.30. The predicted molar refractivity (Wildman–Crippen MR) is 87.0 cm³/mol. The lowest BCUT2D eigenvalue weighted by molar-refractivity contribution is -0.136. The molecule has 0 aliphatic carbocycles. The van der Waals surface area contributed by atoms with E-state index in [1.54, 1.807) is 7.11 Å². The van der Waals surface area contributed by atoms with Crippen LogP contribution in [0, 0.1) is 17.3 Å². The number of hydrogen-bond donors (Lipinski definition) is 1. The Labute approximate surface area is 130 Å². The summed E-state index contributed by atoms with van der Waals surface area (Å²) in [7, 11) is 1.74. The summed E-state index contributed by atoms with van der Waals surface area (Å²) in [5.74, 6) is 1.32. The first kappa shape index (κ1) is 18.4. The number of nitrogens with two attached hydrogens (primary N) is 1. The van der Waals surface area contributed by atoms with E-state index < -0.39 is 0 Å². The van der Waals surface area contributed by atoms with Gasteiger partial charge >= 0.3 is 0 Å². The van der Waals surface area contributed by atoms with Gasteiger partial charge in [-0.05, 0) is 43.1 Å². The zero-order valence-electron chi connectivity index (χ0n) is 14.5. The molecule has 0 aromatic carbocycles. The van der Waals surface area contributed by atoms with Crippen molar-refractivity contribution >= 4 is 5.91 Å². The third kappa shape index (κ3) is 5.59. The smallest absolute Gasteiger partial charge is 0.222 e. The molecular weight excluding hydrogens is 264 g/mol. The summed E-state index contributed by atoms with van der Waals surface area (Å²) in [6.45, 7) is 11.2. The zero-order valence-corrected chi connectivity index (χ0v) is 14.5. The molecule has 3 unspecified atom stereocenters. The van der Waals surface area contributed by atoms with Crippen molar-refractivity contribution in [3.63, 3.8) is 0 Å². The van der Waals surface area contributed by atoms with Gasteiger partial charge in [-0.1, -0.05) is 27.7 Å². The molecule has 1 amide bonds. The lowest BCUT2D eigenvalue weighted by Crippen LogP contribution is -2.46. The number of methoxy groups -OCH3 is 1. The minimum Gasteiger partial charge on any atom is -0.379 e. The molecule has 0 aromatic heterocycles. The Morgan fingerprint density at radius 3 is 2.57 bits per heavy atom. The number of piperidine rings is 1. The van der Waals surface area contributed by atoms with Crippen molar-refractivity contribution in [2.75, 3.05) is 26.7 Å². The van der Waals surface area contributed by atoms with Gasteiger partial charge in [0.15, 0.2) is 0 Å². The molecular formula is C17H34N2O2. The summed E-state index contributed by atoms with van der Waals surface area (Å²) in [6, 6.07) is 0. The van der Waals surface area contributed by atoms with Gasteiger partial charge in [0.25, 0.3) is 0 Å². The molecule has 1 aliphatic heterocycles. The molecule has 4 nitrogen and oxygen atoms in total. The van der Waals surface area contributed by atoms with Crippen LogP contribution in [0.4, 0.5) is 0 Å². The molecule has 1 rings (SSSR count). The maximum Gasteiger partial charge on any atom is 0.222 e. The van der Waals surface area contributed by atoms with Gasteiger partial charge in [0.1, 0.15) is 0 Å². The van der Waals surface area contributed by atoms with E-state index in [1.807, 2.05) is 4.90 Å². The number of carbonyl (C=O) groups excluding carboxylic acids is 1. The summed E-state index contributed by atoms with van der Waals surface area (Å²) in [6.07, 6.45) is 3.78. The first-order valence-corrected chi connectivity index (χ1v) is 8.30. The number of hydrogen-bond acceptors (Lipinski definition) is 3. The van der Waals surface area contributed by atoms with Crippen LogP contribution >= 0.6 is 0 Å². The summed E-state index contributed by atoms with van der Waals surface area (Å²) in [5.41, 5.74) is 5.93. The van der Waals surface area contributed by atoms with E-state index in [2.05, 4.69) is 27.7 Å². The highest BCUT2D eigenvalue weighted by atomic mass is 16.5. The van der Waals surface area contributed by atoms with Crippen LogP contribution in [0.2, 0.25) is 0 Å². The van der Waals surface area contributed by atoms with E-state index in [1.165, 1.54) is 0 Å². The number of likely N-dealkylation sites (tertiary alicyclic amines) is 1. The number of carbonyl (C=O) groups is 1. The van der Waals surface area contributed by atoms with Crippen LogP contribution in [0.3, 0.4) is 0 Å². The molecule has 1 heterocycles. The molecule has 21 heavy (non-hydrogen) atoms. The number of amides is 1. The second-order valence-electron chi connectivity index (χ2n) is 7.56. The molecule has 1 saturated heterocycles. The van der Waals surface area contributed by atoms with E-state index in [9.17, 15) is 4.79 Å². The second-order valence-corrected chi connectivity index (χ2v) is 7.56. The Balaban J connectivity index is 2.49. The first-order chi connectivity index (χ1) is 9.79. The monoisotopic (exact) mass is 298 g/mol. The Kier molecular flexibility index (Phi) is 7.14. The van der Waals surface area contributed by atoms with Crippen LogP contribution in [0.25, 0.3) is 0 Å². The number of nitrogens with zero attached hydrogens (tertiary/aromatic N) is 1. The summed E-state index contributed by atoms with van der Waals surface area (Å²) in [4.78, 5) is 14.4. The van der Waals surface area contributed by atoms with Gasteiger partial charge in [0.05, 0.1) is 6.10 Å². The van der Waals surface area contributed by atoms with E-state index in [-0.39, 0.29) is 17.4 Å². The quantitative estimate of drug-likeness (QED) is 0.820. The predicted octanol–water partition coefficient (Wildman–Crippen LogP) is 2.66. The fraction of sp³-hybridized carbons (Fsp3) is 0.941. The third-order valence-electron chi connectivity index (χ3n) is 4.99. The van der Waals surface area contributed by atoms with E-state index >= 15 is 0 Å². The van der Waals surface area contributed by atoms with Gasteiger partial charge in [0, 0.05) is 26.6 Å². The van der Waals surface area contributed by atoms with E-state index in [0.717, 1.165) is 32.4 Å². The number of ether oxygens (including phenoxy) is 1. The molecule has 0 aromatic rings. The fourth-order valence-corrected chi connectivity index (χ4v) is 3.23. The summed E-state index contributed by atoms with van der Waals surface area (Å²) >= 11 is 0. The van der Waals surface area contributed by atoms with Crippen molar-refractivity contribution in [1.82, 2.24) is 4.90 Å². The summed E-state index contributed by atoms with van der Waals surface area (Å²) < 4.78 is 5.49. The van der Waals surface area contributed by atoms with Gasteiger partial charge < -0.3 is 15.4 Å². The van der Waals surface area contributed by atoms with Gasteiger partial charge in [-0.3, -0.25) is 4.79 Å². The Morgan fingerprint density at radius 2 is 2.05 bits per heavy atom. The van der Waals surface area contributed by atoms with Crippen molar-refractivity contribution in [3.05, 3.63) is 0 Å². The van der Waals surface area contributed by atoms with Crippen LogP contribution in [0.15, 0.2) is 0 Å². The fourth-order valence-electron chi connectivity index (χ4n) is 3.23. The second kappa shape index (κ2) is 8.14. The molecule has 0 saturated carbocycles. The van der Waals surface area contributed by atoms with Crippen LogP contribution in [-0.4, -0.2) is 43.7 Å². The normalized spacial score (nSPS) is 25.0. The van der Waals surface area contributed by atoms with Crippen LogP contribution < -0.4 is 5.73 Å². The van der Waals surface area contributed by atoms with Crippen molar-refractivity contribution in [3.8, 4) is 0 Å². The highest BCUT2D eigenvalue weighted by Crippen LogP contribution is 2.32. The maximum absolute atomic E-state index is 12.4. The molecule has 0 spiro atoms. The molecule has 0 radical (unpaired) electrons. The average molecular weight is 298 g/mol. The Bertz CT molecular complexity index is 325. The van der Waals surface area contributed by atoms with Crippen LogP contribution in [0.1, 0.15) is 53.4 Å². The lowest BCUT2D eigenvalue weighted by Gasteiger charge is -2.37. The van der Waals surface area contributed by atoms with Crippen LogP contribution in [-0.2, 0) is 9.53 Å². The number of rotatable bonds is 6. The molecule has 1 aliphatic rings. The maximum atomic E-state index is 12.4. The minimum absolute atomic E-state index is 0.185. The van der Waals surface area contributed by atoms with Gasteiger partial charge in [0.2, 0.25) is 5.91 Å². The van der Waals surface area contributed by atoms with E-state index in [4.69, 9.17) is 10.5 Å². The topological polar surface area (TPSA) is 55.6 Å². The molecule has 0 bridgehead atoms. The average Bonchev–Trinajstić information content (AvgIpc) is 2.42. The van der Waals surface area contributed by atoms with Crippen molar-refractivity contribution in [2.45, 2.75) is 59.5 Å². The largest absolute Gasteiger partial charge is 0.379 e. The standard InChI is InChI=1S/C17H34N2O2/c1-13-9-11-19(12-15(13)21-5)16(20)7-6-14(8-10-18)17(2,3)4/h13-15H,6-12,18H2,1-5H3. The third-order valence-corrected chi connectivity index (χ3v) is 4.99. The lowest BCUT2D eigenvalue weighted by atomic mass is 9.76. The molecule has 1 fully saturated rings. The van der Waals surface area contributed by atoms with Gasteiger partial charge in [-0.15, -0.1) is 0 Å². The van der Waals surface area contributed by atoms with Crippen molar-refractivity contribution in [1.29, 1.82) is 0 Å². The minimum atomic E-state index is 0.185. The van der Waals surface area contributed by atoms with Crippen molar-refractivity contribution < 1.29 is 9.53 Å². The van der Waals surface area contributed by atoms with Gasteiger partial charge in [-0.25, -0.2) is 0 Å².